The molecule has 2 nitrogen and oxygen atoms in total. The predicted octanol–water partition coefficient (Wildman–Crippen LogP) is 3.12. The van der Waals surface area contributed by atoms with Crippen molar-refractivity contribution in [1.29, 1.82) is 0 Å². The summed E-state index contributed by atoms with van der Waals surface area (Å²) in [7, 11) is 1.29. The quantitative estimate of drug-likeness (QED) is 0.413. The van der Waals surface area contributed by atoms with Crippen LogP contribution < -0.4 is 0 Å². The highest BCUT2D eigenvalue weighted by atomic mass is 127. The molecule has 1 rings (SSSR count). The van der Waals surface area contributed by atoms with Crippen LogP contribution in [-0.4, -0.2) is 8.42 Å². The molecule has 72 valence electrons. The fourth-order valence-corrected chi connectivity index (χ4v) is 3.52. The summed E-state index contributed by atoms with van der Waals surface area (Å²) in [5.41, 5.74) is 0. The van der Waals surface area contributed by atoms with E-state index in [1.165, 1.54) is 0 Å². The Morgan fingerprint density at radius 1 is 1.46 bits per heavy atom. The van der Waals surface area contributed by atoms with Gasteiger partial charge in [0, 0.05) is 10.7 Å². The van der Waals surface area contributed by atoms with Gasteiger partial charge in [0.05, 0.1) is 12.9 Å². The fraction of sp³-hybridized carbons (Fsp3) is 0. The van der Waals surface area contributed by atoms with Crippen molar-refractivity contribution < 1.29 is 12.8 Å². The molecule has 0 bridgehead atoms. The lowest BCUT2D eigenvalue weighted by Crippen LogP contribution is -1.95. The maximum atomic E-state index is 12.9. The van der Waals surface area contributed by atoms with Crippen molar-refractivity contribution in [3.8, 4) is 0 Å². The standard InChI is InChI=1S/C6H2BrClFIO2S/c7-5-4(13(8,11)12)2-1-3(9)6(5)10/h1-2H. The molecule has 7 heteroatoms. The molecule has 0 aliphatic heterocycles. The van der Waals surface area contributed by atoms with Crippen LogP contribution in [0.1, 0.15) is 0 Å². The molecular formula is C6H2BrClFIO2S. The summed E-state index contributed by atoms with van der Waals surface area (Å²) < 4.78 is 35.1. The molecule has 1 aromatic rings. The van der Waals surface area contributed by atoms with E-state index < -0.39 is 14.9 Å². The minimum atomic E-state index is -3.82. The molecule has 13 heavy (non-hydrogen) atoms. The monoisotopic (exact) mass is 398 g/mol. The van der Waals surface area contributed by atoms with E-state index in [4.69, 9.17) is 10.7 Å². The zero-order chi connectivity index (χ0) is 10.2. The van der Waals surface area contributed by atoms with Crippen molar-refractivity contribution in [3.05, 3.63) is 26.0 Å². The van der Waals surface area contributed by atoms with Gasteiger partial charge in [0.2, 0.25) is 0 Å². The maximum Gasteiger partial charge on any atom is 0.262 e. The molecule has 1 aromatic carbocycles. The van der Waals surface area contributed by atoms with Gasteiger partial charge in [-0.1, -0.05) is 0 Å². The third-order valence-electron chi connectivity index (χ3n) is 1.26. The summed E-state index contributed by atoms with van der Waals surface area (Å²) in [5, 5.41) is 0. The van der Waals surface area contributed by atoms with Crippen LogP contribution >= 0.6 is 49.2 Å². The van der Waals surface area contributed by atoms with E-state index in [1.54, 1.807) is 22.6 Å². The van der Waals surface area contributed by atoms with Crippen LogP contribution in [0.4, 0.5) is 4.39 Å². The van der Waals surface area contributed by atoms with Crippen molar-refractivity contribution in [2.45, 2.75) is 4.90 Å². The average molecular weight is 399 g/mol. The zero-order valence-corrected chi connectivity index (χ0v) is 11.2. The average Bonchev–Trinajstić information content (AvgIpc) is 1.98. The molecule has 0 radical (unpaired) electrons. The minimum absolute atomic E-state index is 0.125. The highest BCUT2D eigenvalue weighted by Gasteiger charge is 2.18. The molecule has 0 saturated carbocycles. The summed E-state index contributed by atoms with van der Waals surface area (Å²) in [6, 6.07) is 2.17. The van der Waals surface area contributed by atoms with E-state index in [0.29, 0.717) is 0 Å². The SMILES string of the molecule is O=S(=O)(Cl)c1ccc(F)c(I)c1Br. The first-order valence-corrected chi connectivity index (χ1v) is 7.10. The number of rotatable bonds is 1. The van der Waals surface area contributed by atoms with Crippen molar-refractivity contribution in [1.82, 2.24) is 0 Å². The first-order chi connectivity index (χ1) is 5.84. The summed E-state index contributed by atoms with van der Waals surface area (Å²) >= 11 is 4.65. The Labute approximate surface area is 101 Å². The molecule has 0 fully saturated rings. The van der Waals surface area contributed by atoms with Crippen molar-refractivity contribution in [2.75, 3.05) is 0 Å². The molecular weight excluding hydrogens is 397 g/mol. The molecule has 0 spiro atoms. The Hall–Kier alpha value is 0.600. The lowest BCUT2D eigenvalue weighted by Gasteiger charge is -2.02. The number of hydrogen-bond donors (Lipinski definition) is 0. The van der Waals surface area contributed by atoms with Crippen LogP contribution in [0.15, 0.2) is 21.5 Å². The Bertz CT molecular complexity index is 448. The van der Waals surface area contributed by atoms with E-state index in [1.807, 2.05) is 0 Å². The first-order valence-electron chi connectivity index (χ1n) is 2.92. The summed E-state index contributed by atoms with van der Waals surface area (Å²) in [6.07, 6.45) is 0. The van der Waals surface area contributed by atoms with Gasteiger partial charge in [-0.3, -0.25) is 0 Å². The van der Waals surface area contributed by atoms with Crippen LogP contribution in [0.25, 0.3) is 0 Å². The van der Waals surface area contributed by atoms with E-state index in [0.717, 1.165) is 12.1 Å². The molecule has 0 saturated heterocycles. The van der Waals surface area contributed by atoms with Gasteiger partial charge >= 0.3 is 0 Å². The van der Waals surface area contributed by atoms with Gasteiger partial charge in [0.15, 0.2) is 0 Å². The molecule has 0 atom stereocenters. The number of halogens is 4. The molecule has 0 aliphatic carbocycles. The van der Waals surface area contributed by atoms with E-state index in [-0.39, 0.29) is 12.9 Å². The zero-order valence-electron chi connectivity index (χ0n) is 5.89. The lowest BCUT2D eigenvalue weighted by atomic mass is 10.3. The second-order valence-electron chi connectivity index (χ2n) is 2.11. The molecule has 0 aromatic heterocycles. The summed E-state index contributed by atoms with van der Waals surface area (Å²) in [5.74, 6) is -0.489. The highest BCUT2D eigenvalue weighted by Crippen LogP contribution is 2.30. The van der Waals surface area contributed by atoms with Gasteiger partial charge in [-0.2, -0.15) is 0 Å². The van der Waals surface area contributed by atoms with Gasteiger partial charge in [0.25, 0.3) is 9.05 Å². The third kappa shape index (κ3) is 2.54. The topological polar surface area (TPSA) is 34.1 Å². The normalized spacial score (nSPS) is 11.7. The highest BCUT2D eigenvalue weighted by molar-refractivity contribution is 14.1. The third-order valence-corrected chi connectivity index (χ3v) is 5.51. The van der Waals surface area contributed by atoms with E-state index in [2.05, 4.69) is 15.9 Å². The minimum Gasteiger partial charge on any atom is -0.207 e. The van der Waals surface area contributed by atoms with Gasteiger partial charge in [-0.25, -0.2) is 12.8 Å². The van der Waals surface area contributed by atoms with Crippen LogP contribution in [0.3, 0.4) is 0 Å². The molecule has 0 heterocycles. The summed E-state index contributed by atoms with van der Waals surface area (Å²) in [4.78, 5) is -0.125. The van der Waals surface area contributed by atoms with Gasteiger partial charge in [-0.15, -0.1) is 0 Å². The van der Waals surface area contributed by atoms with Crippen LogP contribution in [-0.2, 0) is 9.05 Å². The Balaban J connectivity index is 3.53. The van der Waals surface area contributed by atoms with Gasteiger partial charge in [0.1, 0.15) is 5.82 Å². The lowest BCUT2D eigenvalue weighted by molar-refractivity contribution is 0.604. The Morgan fingerprint density at radius 3 is 2.46 bits per heavy atom. The van der Waals surface area contributed by atoms with Crippen molar-refractivity contribution >= 4 is 58.3 Å². The molecule has 0 N–H and O–H groups in total. The van der Waals surface area contributed by atoms with E-state index in [9.17, 15) is 12.8 Å². The summed E-state index contributed by atoms with van der Waals surface area (Å²) in [6.45, 7) is 0. The molecule has 0 amide bonds. The van der Waals surface area contributed by atoms with Gasteiger partial charge in [-0.05, 0) is 50.7 Å². The van der Waals surface area contributed by atoms with Crippen LogP contribution in [0.5, 0.6) is 0 Å². The second kappa shape index (κ2) is 4.00. The largest absolute Gasteiger partial charge is 0.262 e. The smallest absolute Gasteiger partial charge is 0.207 e. The van der Waals surface area contributed by atoms with Crippen molar-refractivity contribution in [3.63, 3.8) is 0 Å². The van der Waals surface area contributed by atoms with Crippen molar-refractivity contribution in [2.24, 2.45) is 0 Å². The maximum absolute atomic E-state index is 12.9. The van der Waals surface area contributed by atoms with E-state index >= 15 is 0 Å². The number of hydrogen-bond acceptors (Lipinski definition) is 2. The van der Waals surface area contributed by atoms with Crippen LogP contribution in [0, 0.1) is 9.39 Å². The number of benzene rings is 1. The van der Waals surface area contributed by atoms with Gasteiger partial charge < -0.3 is 0 Å². The predicted molar refractivity (Wildman–Crippen MR) is 59.9 cm³/mol. The molecule has 0 aliphatic rings. The second-order valence-corrected chi connectivity index (χ2v) is 6.52. The molecule has 0 unspecified atom stereocenters. The first kappa shape index (κ1) is 11.7. The Kier molecular flexibility index (Phi) is 3.59. The Morgan fingerprint density at radius 2 is 2.00 bits per heavy atom. The fourth-order valence-electron chi connectivity index (χ4n) is 0.696. The van der Waals surface area contributed by atoms with Crippen LogP contribution in [0.2, 0.25) is 0 Å².